The molecule has 0 fully saturated rings. The second-order valence-corrected chi connectivity index (χ2v) is 5.66. The van der Waals surface area contributed by atoms with Gasteiger partial charge >= 0.3 is 0 Å². The molecule has 0 aliphatic heterocycles. The number of aliphatic hydroxyl groups is 1. The van der Waals surface area contributed by atoms with E-state index in [4.69, 9.17) is 0 Å². The highest BCUT2D eigenvalue weighted by Crippen LogP contribution is 2.41. The van der Waals surface area contributed by atoms with Gasteiger partial charge in [-0.05, 0) is 36.2 Å². The molecule has 90 valence electrons. The second kappa shape index (κ2) is 4.75. The normalized spacial score (nSPS) is 43.5. The minimum Gasteiger partial charge on any atom is -0.392 e. The number of fused-ring (bicyclic) bond motifs is 1. The molecule has 2 aliphatic carbocycles. The summed E-state index contributed by atoms with van der Waals surface area (Å²) in [6.45, 7) is 6.77. The third-order valence-corrected chi connectivity index (χ3v) is 4.40. The maximum atomic E-state index is 10.4. The standard InChI is InChI=1S/C15H24O/c1-4-13-11(3)6-8-12-7-5-10(2)9-14(16)15(12)13/h6-8,10-11,13-16H,4-5,9H2,1-3H3/t10?,11-,13-,14-,15-/m0/s1. The Labute approximate surface area is 99.3 Å². The molecule has 0 saturated carbocycles. The average Bonchev–Trinajstić information content (AvgIpc) is 2.39. The molecule has 2 aliphatic rings. The first kappa shape index (κ1) is 11.9. The molecule has 5 atom stereocenters. The third-order valence-electron chi connectivity index (χ3n) is 4.40. The molecule has 16 heavy (non-hydrogen) atoms. The molecule has 0 bridgehead atoms. The first-order chi connectivity index (χ1) is 7.63. The van der Waals surface area contributed by atoms with Gasteiger partial charge in [-0.25, -0.2) is 0 Å². The number of allylic oxidation sites excluding steroid dienone is 3. The van der Waals surface area contributed by atoms with E-state index < -0.39 is 0 Å². The van der Waals surface area contributed by atoms with Gasteiger partial charge in [0, 0.05) is 5.92 Å². The van der Waals surface area contributed by atoms with Gasteiger partial charge < -0.3 is 5.11 Å². The third kappa shape index (κ3) is 2.10. The monoisotopic (exact) mass is 220 g/mol. The molecule has 2 rings (SSSR count). The Morgan fingerprint density at radius 3 is 2.81 bits per heavy atom. The minimum absolute atomic E-state index is 0.138. The molecular formula is C15H24O. The largest absolute Gasteiger partial charge is 0.392 e. The average molecular weight is 220 g/mol. The van der Waals surface area contributed by atoms with E-state index in [1.165, 1.54) is 12.0 Å². The Kier molecular flexibility index (Phi) is 3.53. The van der Waals surface area contributed by atoms with Gasteiger partial charge in [-0.15, -0.1) is 0 Å². The van der Waals surface area contributed by atoms with Crippen LogP contribution in [0.25, 0.3) is 0 Å². The van der Waals surface area contributed by atoms with Gasteiger partial charge in [-0.2, -0.15) is 0 Å². The van der Waals surface area contributed by atoms with Crippen molar-refractivity contribution in [1.29, 1.82) is 0 Å². The Hall–Kier alpha value is -0.560. The van der Waals surface area contributed by atoms with Crippen molar-refractivity contribution in [2.75, 3.05) is 0 Å². The summed E-state index contributed by atoms with van der Waals surface area (Å²) < 4.78 is 0. The van der Waals surface area contributed by atoms with Gasteiger partial charge in [-0.3, -0.25) is 0 Å². The quantitative estimate of drug-likeness (QED) is 0.716. The van der Waals surface area contributed by atoms with Crippen molar-refractivity contribution in [1.82, 2.24) is 0 Å². The summed E-state index contributed by atoms with van der Waals surface area (Å²) in [5.74, 6) is 2.23. The molecule has 0 heterocycles. The van der Waals surface area contributed by atoms with E-state index in [1.807, 2.05) is 0 Å². The van der Waals surface area contributed by atoms with Crippen molar-refractivity contribution in [2.45, 2.75) is 46.1 Å². The molecule has 1 nitrogen and oxygen atoms in total. The smallest absolute Gasteiger partial charge is 0.0614 e. The van der Waals surface area contributed by atoms with Crippen LogP contribution in [0.4, 0.5) is 0 Å². The first-order valence-electron chi connectivity index (χ1n) is 6.69. The molecule has 0 aromatic heterocycles. The van der Waals surface area contributed by atoms with Gasteiger partial charge in [-0.1, -0.05) is 45.4 Å². The minimum atomic E-state index is -0.138. The SMILES string of the molecule is CC[C@@H]1[C@@H]2C(=CCC(C)C[C@@H]2O)C=C[C@@H]1C. The van der Waals surface area contributed by atoms with Crippen molar-refractivity contribution in [2.24, 2.45) is 23.7 Å². The summed E-state index contributed by atoms with van der Waals surface area (Å²) in [6.07, 6.45) is 10.0. The van der Waals surface area contributed by atoms with Crippen LogP contribution in [0.1, 0.15) is 40.0 Å². The molecule has 1 N–H and O–H groups in total. The van der Waals surface area contributed by atoms with Gasteiger partial charge in [0.2, 0.25) is 0 Å². The fourth-order valence-electron chi connectivity index (χ4n) is 3.42. The lowest BCUT2D eigenvalue weighted by molar-refractivity contribution is 0.0630. The number of rotatable bonds is 1. The lowest BCUT2D eigenvalue weighted by Crippen LogP contribution is -2.34. The molecule has 0 radical (unpaired) electrons. The van der Waals surface area contributed by atoms with Crippen molar-refractivity contribution < 1.29 is 5.11 Å². The van der Waals surface area contributed by atoms with E-state index in [0.29, 0.717) is 23.7 Å². The molecular weight excluding hydrogens is 196 g/mol. The zero-order valence-corrected chi connectivity index (χ0v) is 10.7. The Balaban J connectivity index is 2.31. The lowest BCUT2D eigenvalue weighted by Gasteiger charge is -2.37. The van der Waals surface area contributed by atoms with Crippen LogP contribution in [0.2, 0.25) is 0 Å². The molecule has 0 aromatic carbocycles. The zero-order valence-electron chi connectivity index (χ0n) is 10.7. The second-order valence-electron chi connectivity index (χ2n) is 5.66. The molecule has 0 spiro atoms. The summed E-state index contributed by atoms with van der Waals surface area (Å²) in [6, 6.07) is 0. The van der Waals surface area contributed by atoms with Crippen LogP contribution < -0.4 is 0 Å². The summed E-state index contributed by atoms with van der Waals surface area (Å²) in [5.41, 5.74) is 1.39. The highest BCUT2D eigenvalue weighted by atomic mass is 16.3. The lowest BCUT2D eigenvalue weighted by atomic mass is 9.70. The fourth-order valence-corrected chi connectivity index (χ4v) is 3.42. The van der Waals surface area contributed by atoms with Crippen LogP contribution in [-0.4, -0.2) is 11.2 Å². The maximum absolute atomic E-state index is 10.4. The van der Waals surface area contributed by atoms with E-state index >= 15 is 0 Å². The van der Waals surface area contributed by atoms with Crippen LogP contribution in [0.5, 0.6) is 0 Å². The van der Waals surface area contributed by atoms with Crippen LogP contribution >= 0.6 is 0 Å². The first-order valence-corrected chi connectivity index (χ1v) is 6.69. The van der Waals surface area contributed by atoms with Gasteiger partial charge in [0.25, 0.3) is 0 Å². The molecule has 0 amide bonds. The highest BCUT2D eigenvalue weighted by molar-refractivity contribution is 5.29. The van der Waals surface area contributed by atoms with Gasteiger partial charge in [0.05, 0.1) is 6.10 Å². The van der Waals surface area contributed by atoms with E-state index in [-0.39, 0.29) is 6.10 Å². The van der Waals surface area contributed by atoms with Crippen LogP contribution in [0, 0.1) is 23.7 Å². The van der Waals surface area contributed by atoms with E-state index in [0.717, 1.165) is 12.8 Å². The highest BCUT2D eigenvalue weighted by Gasteiger charge is 2.36. The van der Waals surface area contributed by atoms with Gasteiger partial charge in [0.15, 0.2) is 0 Å². The number of hydrogen-bond donors (Lipinski definition) is 1. The molecule has 0 saturated heterocycles. The van der Waals surface area contributed by atoms with Crippen molar-refractivity contribution in [3.05, 3.63) is 23.8 Å². The Morgan fingerprint density at radius 1 is 1.38 bits per heavy atom. The van der Waals surface area contributed by atoms with Crippen molar-refractivity contribution >= 4 is 0 Å². The van der Waals surface area contributed by atoms with Crippen molar-refractivity contribution in [3.63, 3.8) is 0 Å². The van der Waals surface area contributed by atoms with Crippen molar-refractivity contribution in [3.8, 4) is 0 Å². The summed E-state index contributed by atoms with van der Waals surface area (Å²) >= 11 is 0. The topological polar surface area (TPSA) is 20.2 Å². The predicted molar refractivity (Wildman–Crippen MR) is 68.1 cm³/mol. The van der Waals surface area contributed by atoms with E-state index in [9.17, 15) is 5.11 Å². The zero-order chi connectivity index (χ0) is 11.7. The van der Waals surface area contributed by atoms with Gasteiger partial charge in [0.1, 0.15) is 0 Å². The van der Waals surface area contributed by atoms with E-state index in [1.54, 1.807) is 0 Å². The van der Waals surface area contributed by atoms with Crippen LogP contribution in [0.3, 0.4) is 0 Å². The Morgan fingerprint density at radius 2 is 2.12 bits per heavy atom. The van der Waals surface area contributed by atoms with E-state index in [2.05, 4.69) is 39.0 Å². The van der Waals surface area contributed by atoms with Crippen LogP contribution in [-0.2, 0) is 0 Å². The number of aliphatic hydroxyl groups excluding tert-OH is 1. The van der Waals surface area contributed by atoms with Crippen LogP contribution in [0.15, 0.2) is 23.8 Å². The predicted octanol–water partition coefficient (Wildman–Crippen LogP) is 3.55. The Bertz CT molecular complexity index is 303. The fraction of sp³-hybridized carbons (Fsp3) is 0.733. The molecule has 1 unspecified atom stereocenters. The molecule has 0 aromatic rings. The molecule has 1 heteroatoms. The summed E-state index contributed by atoms with van der Waals surface area (Å²) in [7, 11) is 0. The summed E-state index contributed by atoms with van der Waals surface area (Å²) in [4.78, 5) is 0. The number of hydrogen-bond acceptors (Lipinski definition) is 1. The summed E-state index contributed by atoms with van der Waals surface area (Å²) in [5, 5.41) is 10.4. The maximum Gasteiger partial charge on any atom is 0.0614 e.